The van der Waals surface area contributed by atoms with E-state index in [-0.39, 0.29) is 67.6 Å². The van der Waals surface area contributed by atoms with Crippen molar-refractivity contribution in [3.8, 4) is 21.6 Å². The Bertz CT molecular complexity index is 3140. The van der Waals surface area contributed by atoms with Crippen LogP contribution in [0.4, 0.5) is 5.69 Å². The number of likely N-dealkylation sites (tertiary alicyclic amines) is 1. The SMILES string of the molecule is CCN(c1cc(-c2ccc(CN3CCN(C(=O)CCCCCCCCCC(=O)N[C@H](C(=O)N4C[C@@H](O)C[C@H]4C(=O)NCc4ccc(-c5scnc5C)cc4)C(C)(C)C)CC3)cc2)cc(C(=O)NCc2c(C)cc(C)[nH]c2=O)c1C)C1CCOCC1. The molecule has 5 amide bonds. The number of carbonyl (C=O) groups excluding carboxylic acids is 5. The molecule has 18 heteroatoms. The second-order valence-electron chi connectivity index (χ2n) is 24.7. The number of H-pyrrole nitrogens is 1. The zero-order chi connectivity index (χ0) is 60.8. The molecule has 3 atom stereocenters. The van der Waals surface area contributed by atoms with Gasteiger partial charge in [-0.15, -0.1) is 11.3 Å². The highest BCUT2D eigenvalue weighted by atomic mass is 32.1. The minimum atomic E-state index is -0.865. The molecule has 3 aliphatic heterocycles. The van der Waals surface area contributed by atoms with Crippen LogP contribution in [-0.2, 0) is 43.5 Å². The van der Waals surface area contributed by atoms with E-state index in [0.717, 1.165) is 133 Å². The van der Waals surface area contributed by atoms with Crippen molar-refractivity contribution in [2.24, 2.45) is 5.41 Å². The second kappa shape index (κ2) is 30.1. The molecule has 17 nitrogen and oxygen atoms in total. The Balaban J connectivity index is 0.727. The Morgan fingerprint density at radius 2 is 1.45 bits per heavy atom. The molecule has 85 heavy (non-hydrogen) atoms. The number of aryl methyl sites for hydroxylation is 3. The Hall–Kier alpha value is -6.73. The minimum absolute atomic E-state index is 0.0243. The van der Waals surface area contributed by atoms with E-state index in [1.54, 1.807) is 11.3 Å². The number of hydrogen-bond acceptors (Lipinski definition) is 12. The van der Waals surface area contributed by atoms with Crippen molar-refractivity contribution >= 4 is 46.6 Å². The smallest absolute Gasteiger partial charge is 0.253 e. The topological polar surface area (TPSA) is 210 Å². The molecule has 0 saturated carbocycles. The third-order valence-electron chi connectivity index (χ3n) is 17.3. The first-order valence-corrected chi connectivity index (χ1v) is 31.8. The molecule has 458 valence electrons. The van der Waals surface area contributed by atoms with Gasteiger partial charge in [0, 0.05) is 120 Å². The lowest BCUT2D eigenvalue weighted by Gasteiger charge is -2.37. The monoisotopic (exact) mass is 1180 g/mol. The van der Waals surface area contributed by atoms with Gasteiger partial charge in [0.1, 0.15) is 12.1 Å². The van der Waals surface area contributed by atoms with Gasteiger partial charge in [-0.05, 0) is 123 Å². The van der Waals surface area contributed by atoms with E-state index in [1.165, 1.54) is 10.5 Å². The van der Waals surface area contributed by atoms with Gasteiger partial charge >= 0.3 is 0 Å². The molecule has 0 radical (unpaired) electrons. The fraction of sp³-hybridized carbons (Fsp3) is 0.537. The van der Waals surface area contributed by atoms with Crippen molar-refractivity contribution in [3.05, 3.63) is 127 Å². The molecule has 0 aliphatic carbocycles. The Morgan fingerprint density at radius 1 is 0.800 bits per heavy atom. The summed E-state index contributed by atoms with van der Waals surface area (Å²) in [5, 5.41) is 19.6. The summed E-state index contributed by atoms with van der Waals surface area (Å²) in [4.78, 5) is 97.6. The molecule has 3 saturated heterocycles. The van der Waals surface area contributed by atoms with Gasteiger partial charge in [0.15, 0.2) is 0 Å². The molecule has 5 heterocycles. The van der Waals surface area contributed by atoms with E-state index < -0.39 is 23.6 Å². The van der Waals surface area contributed by atoms with Crippen LogP contribution >= 0.6 is 11.3 Å². The first-order chi connectivity index (χ1) is 40.8. The average Bonchev–Trinajstić information content (AvgIpc) is 2.92. The van der Waals surface area contributed by atoms with Gasteiger partial charge in [-0.1, -0.05) is 101 Å². The molecule has 3 aromatic carbocycles. The van der Waals surface area contributed by atoms with Gasteiger partial charge in [-0.3, -0.25) is 33.7 Å². The number of nitrogens with one attached hydrogen (secondary N) is 4. The molecular formula is C67H91N9O8S. The minimum Gasteiger partial charge on any atom is -0.391 e. The number of rotatable bonds is 25. The second-order valence-corrected chi connectivity index (χ2v) is 25.6. The molecule has 5 N–H and O–H groups in total. The number of carbonyl (C=O) groups is 5. The van der Waals surface area contributed by atoms with Crippen LogP contribution < -0.4 is 26.4 Å². The number of anilines is 1. The van der Waals surface area contributed by atoms with Crippen molar-refractivity contribution in [2.75, 3.05) is 57.4 Å². The number of pyridine rings is 1. The van der Waals surface area contributed by atoms with Crippen LogP contribution in [0.3, 0.4) is 0 Å². The summed E-state index contributed by atoms with van der Waals surface area (Å²) >= 11 is 1.58. The fourth-order valence-corrected chi connectivity index (χ4v) is 13.0. The highest BCUT2D eigenvalue weighted by Gasteiger charge is 2.44. The van der Waals surface area contributed by atoms with E-state index in [4.69, 9.17) is 4.74 Å². The molecule has 5 aromatic rings. The van der Waals surface area contributed by atoms with E-state index in [1.807, 2.05) is 95.3 Å². The van der Waals surface area contributed by atoms with E-state index in [0.29, 0.717) is 56.3 Å². The Kier molecular flexibility index (Phi) is 22.7. The highest BCUT2D eigenvalue weighted by molar-refractivity contribution is 7.13. The quantitative estimate of drug-likeness (QED) is 0.0348. The van der Waals surface area contributed by atoms with Gasteiger partial charge in [0.2, 0.25) is 23.6 Å². The Morgan fingerprint density at radius 3 is 2.08 bits per heavy atom. The number of aliphatic hydroxyl groups is 1. The fourth-order valence-electron chi connectivity index (χ4n) is 12.2. The predicted octanol–water partition coefficient (Wildman–Crippen LogP) is 9.30. The molecule has 0 unspecified atom stereocenters. The number of amides is 5. The number of nitrogens with zero attached hydrogens (tertiary/aromatic N) is 5. The lowest BCUT2D eigenvalue weighted by Crippen LogP contribution is -2.57. The predicted molar refractivity (Wildman–Crippen MR) is 336 cm³/mol. The van der Waals surface area contributed by atoms with Crippen molar-refractivity contribution in [1.29, 1.82) is 0 Å². The standard InChI is InChI=1S/C67H91N9O8S/c1-9-75(53-27-33-84-34-28-53)57-37-52(36-55(46(57)4)63(80)69-40-56-44(2)35-45(3)71-64(56)81)50-23-21-49(22-24-50)41-73-29-31-74(32-30-73)60(79)18-16-14-12-10-11-13-15-17-59(78)72-62(67(6,7)8)66(83)76-42-54(77)38-58(76)65(82)68-39-48-19-25-51(26-20-48)61-47(5)70-43-85-61/h19-26,35-37,43,53-54,58,62,77H,9-18,27-34,38-42H2,1-8H3,(H,68,82)(H,69,80)(H,71,81)(H,72,78)/t54-,58-,62+/m0/s1. The maximum atomic E-state index is 14.1. The normalized spacial score (nSPS) is 17.2. The van der Waals surface area contributed by atoms with Gasteiger partial charge in [-0.2, -0.15) is 0 Å². The summed E-state index contributed by atoms with van der Waals surface area (Å²) in [5.74, 6) is -0.917. The first-order valence-electron chi connectivity index (χ1n) is 30.9. The number of ether oxygens (including phenoxy) is 1. The van der Waals surface area contributed by atoms with Crippen LogP contribution in [-0.4, -0.2) is 136 Å². The molecule has 3 aliphatic rings. The number of β-amino-alcohol motifs (C(OH)–C–C–N with tert-alkyl or cyclic N) is 1. The van der Waals surface area contributed by atoms with Crippen LogP contribution in [0.2, 0.25) is 0 Å². The highest BCUT2D eigenvalue weighted by Crippen LogP contribution is 2.35. The van der Waals surface area contributed by atoms with Gasteiger partial charge < -0.3 is 45.5 Å². The van der Waals surface area contributed by atoms with Gasteiger partial charge in [-0.25, -0.2) is 4.98 Å². The lowest BCUT2D eigenvalue weighted by atomic mass is 9.85. The summed E-state index contributed by atoms with van der Waals surface area (Å²) in [7, 11) is 0. The number of unbranched alkanes of at least 4 members (excludes halogenated alkanes) is 6. The van der Waals surface area contributed by atoms with Crippen LogP contribution in [0.1, 0.15) is 154 Å². The maximum absolute atomic E-state index is 14.1. The summed E-state index contributed by atoms with van der Waals surface area (Å²) in [5.41, 5.74) is 11.8. The van der Waals surface area contributed by atoms with Crippen LogP contribution in [0.25, 0.3) is 21.6 Å². The number of thiazole rings is 1. The van der Waals surface area contributed by atoms with E-state index in [9.17, 15) is 33.9 Å². The molecule has 0 bridgehead atoms. The number of aromatic amines is 1. The molecule has 0 spiro atoms. The molecule has 8 rings (SSSR count). The summed E-state index contributed by atoms with van der Waals surface area (Å²) in [6.07, 6.45) is 8.39. The lowest BCUT2D eigenvalue weighted by molar-refractivity contribution is -0.144. The van der Waals surface area contributed by atoms with Gasteiger partial charge in [0.25, 0.3) is 11.5 Å². The third kappa shape index (κ3) is 17.3. The summed E-state index contributed by atoms with van der Waals surface area (Å²) < 4.78 is 5.72. The van der Waals surface area contributed by atoms with E-state index in [2.05, 4.69) is 73.0 Å². The van der Waals surface area contributed by atoms with Gasteiger partial charge in [0.05, 0.1) is 22.2 Å². The van der Waals surface area contributed by atoms with Crippen molar-refractivity contribution < 1.29 is 33.8 Å². The zero-order valence-electron chi connectivity index (χ0n) is 51.5. The number of hydrogen-bond donors (Lipinski definition) is 5. The van der Waals surface area contributed by atoms with E-state index >= 15 is 0 Å². The first kappa shape index (κ1) is 64.3. The summed E-state index contributed by atoms with van der Waals surface area (Å²) in [6.45, 7) is 22.0. The van der Waals surface area contributed by atoms with Crippen LogP contribution in [0, 0.1) is 33.1 Å². The number of benzene rings is 3. The van der Waals surface area contributed by atoms with Crippen molar-refractivity contribution in [2.45, 2.75) is 176 Å². The Labute approximate surface area is 506 Å². The van der Waals surface area contributed by atoms with Crippen molar-refractivity contribution in [1.82, 2.24) is 40.6 Å². The molecular weight excluding hydrogens is 1090 g/mol. The van der Waals surface area contributed by atoms with Crippen LogP contribution in [0.15, 0.2) is 77.0 Å². The zero-order valence-corrected chi connectivity index (χ0v) is 52.3. The number of aliphatic hydroxyl groups excluding tert-OH is 1. The maximum Gasteiger partial charge on any atom is 0.253 e. The molecule has 2 aromatic heterocycles. The number of aromatic nitrogens is 2. The number of piperazine rings is 1. The third-order valence-corrected chi connectivity index (χ3v) is 18.2. The molecule has 3 fully saturated rings. The largest absolute Gasteiger partial charge is 0.391 e. The summed E-state index contributed by atoms with van der Waals surface area (Å²) in [6, 6.07) is 21.2. The van der Waals surface area contributed by atoms with Crippen molar-refractivity contribution in [3.63, 3.8) is 0 Å². The van der Waals surface area contributed by atoms with Crippen LogP contribution in [0.5, 0.6) is 0 Å². The average molecular weight is 1180 g/mol.